The number of nitrogens with one attached hydrogen (secondary N) is 1. The summed E-state index contributed by atoms with van der Waals surface area (Å²) in [6, 6.07) is 4.45. The fourth-order valence-electron chi connectivity index (χ4n) is 2.25. The Balaban J connectivity index is 0.00000242. The number of hydrogen-bond donors (Lipinski definition) is 2. The van der Waals surface area contributed by atoms with E-state index in [1.807, 2.05) is 20.0 Å². The van der Waals surface area contributed by atoms with Crippen LogP contribution in [-0.4, -0.2) is 55.1 Å². The van der Waals surface area contributed by atoms with E-state index in [1.165, 1.54) is 0 Å². The van der Waals surface area contributed by atoms with Gasteiger partial charge in [0.05, 0.1) is 6.54 Å². The zero-order valence-corrected chi connectivity index (χ0v) is 15.9. The van der Waals surface area contributed by atoms with Crippen LogP contribution >= 0.6 is 24.0 Å². The number of rotatable bonds is 4. The summed E-state index contributed by atoms with van der Waals surface area (Å²) < 4.78 is 0. The third-order valence-corrected chi connectivity index (χ3v) is 3.50. The average molecular weight is 418 g/mol. The molecule has 0 spiro atoms. The molecule has 1 aliphatic heterocycles. The van der Waals surface area contributed by atoms with E-state index >= 15 is 0 Å². The van der Waals surface area contributed by atoms with Crippen LogP contribution in [0, 0.1) is 0 Å². The molecule has 22 heavy (non-hydrogen) atoms. The lowest BCUT2D eigenvalue weighted by atomic mass is 10.2. The first-order valence-corrected chi connectivity index (χ1v) is 7.49. The Labute approximate surface area is 150 Å². The number of nitrogens with zero attached hydrogens (tertiary/aromatic N) is 4. The minimum Gasteiger partial charge on any atom is -0.370 e. The number of hydrogen-bond acceptors (Lipinski definition) is 4. The summed E-state index contributed by atoms with van der Waals surface area (Å²) in [6.07, 6.45) is 1.89. The van der Waals surface area contributed by atoms with Gasteiger partial charge >= 0.3 is 0 Å². The van der Waals surface area contributed by atoms with Crippen molar-refractivity contribution in [3.05, 3.63) is 23.9 Å². The first kappa shape index (κ1) is 19.0. The molecule has 1 aromatic heterocycles. The molecule has 0 atom stereocenters. The van der Waals surface area contributed by atoms with E-state index < -0.39 is 0 Å². The summed E-state index contributed by atoms with van der Waals surface area (Å²) in [7, 11) is 2.15. The van der Waals surface area contributed by atoms with E-state index in [0.717, 1.165) is 37.6 Å². The quantitative estimate of drug-likeness (QED) is 0.438. The second kappa shape index (κ2) is 9.14. The third kappa shape index (κ3) is 5.96. The standard InChI is InChI=1S/C15H26N6.HI/c1-12(2)19-15(16)18-11-13-4-5-14(17-10-13)21-8-6-20(3)7-9-21;/h4-5,10,12H,6-9,11H2,1-3H3,(H3,16,18,19);1H. The van der Waals surface area contributed by atoms with E-state index in [-0.39, 0.29) is 24.0 Å². The maximum atomic E-state index is 5.79. The fraction of sp³-hybridized carbons (Fsp3) is 0.600. The highest BCUT2D eigenvalue weighted by Gasteiger charge is 2.14. The van der Waals surface area contributed by atoms with Gasteiger partial charge in [-0.25, -0.2) is 9.98 Å². The molecule has 3 N–H and O–H groups in total. The van der Waals surface area contributed by atoms with Crippen molar-refractivity contribution < 1.29 is 0 Å². The molecule has 0 amide bonds. The Morgan fingerprint density at radius 2 is 2.00 bits per heavy atom. The maximum Gasteiger partial charge on any atom is 0.189 e. The van der Waals surface area contributed by atoms with E-state index in [0.29, 0.717) is 18.5 Å². The first-order chi connectivity index (χ1) is 10.0. The molecular weight excluding hydrogens is 391 g/mol. The van der Waals surface area contributed by atoms with Crippen molar-refractivity contribution in [2.24, 2.45) is 10.7 Å². The van der Waals surface area contributed by atoms with Crippen LogP contribution in [-0.2, 0) is 6.54 Å². The molecule has 0 unspecified atom stereocenters. The van der Waals surface area contributed by atoms with E-state index in [4.69, 9.17) is 5.73 Å². The molecule has 0 bridgehead atoms. The molecule has 1 aromatic rings. The van der Waals surface area contributed by atoms with Gasteiger partial charge in [0, 0.05) is 38.4 Å². The van der Waals surface area contributed by atoms with E-state index in [9.17, 15) is 0 Å². The molecule has 6 nitrogen and oxygen atoms in total. The van der Waals surface area contributed by atoms with Crippen molar-refractivity contribution in [3.8, 4) is 0 Å². The number of guanidine groups is 1. The number of piperazine rings is 1. The molecule has 7 heteroatoms. The zero-order valence-electron chi connectivity index (χ0n) is 13.6. The molecule has 2 rings (SSSR count). The number of nitrogens with two attached hydrogens (primary N) is 1. The zero-order chi connectivity index (χ0) is 15.2. The van der Waals surface area contributed by atoms with Crippen LogP contribution in [0.15, 0.2) is 23.3 Å². The lowest BCUT2D eigenvalue weighted by Crippen LogP contribution is -2.44. The third-order valence-electron chi connectivity index (χ3n) is 3.50. The van der Waals surface area contributed by atoms with Gasteiger partial charge in [-0.1, -0.05) is 6.07 Å². The summed E-state index contributed by atoms with van der Waals surface area (Å²) >= 11 is 0. The van der Waals surface area contributed by atoms with Crippen molar-refractivity contribution in [3.63, 3.8) is 0 Å². The van der Waals surface area contributed by atoms with Crippen molar-refractivity contribution in [1.82, 2.24) is 15.2 Å². The van der Waals surface area contributed by atoms with Gasteiger partial charge in [0.1, 0.15) is 5.82 Å². The van der Waals surface area contributed by atoms with Gasteiger partial charge in [-0.2, -0.15) is 0 Å². The van der Waals surface area contributed by atoms with Crippen molar-refractivity contribution in [2.45, 2.75) is 26.4 Å². The minimum absolute atomic E-state index is 0. The van der Waals surface area contributed by atoms with Gasteiger partial charge in [-0.05, 0) is 32.5 Å². The SMILES string of the molecule is CC(C)NC(N)=NCc1ccc(N2CCN(C)CC2)nc1.I. The van der Waals surface area contributed by atoms with Crippen LogP contribution in [0.4, 0.5) is 5.82 Å². The molecule has 0 saturated carbocycles. The Bertz CT molecular complexity index is 465. The van der Waals surface area contributed by atoms with Gasteiger partial charge in [0.2, 0.25) is 0 Å². The normalized spacial score (nSPS) is 16.5. The van der Waals surface area contributed by atoms with Crippen LogP contribution in [0.5, 0.6) is 0 Å². The molecule has 1 saturated heterocycles. The van der Waals surface area contributed by atoms with Crippen LogP contribution in [0.2, 0.25) is 0 Å². The van der Waals surface area contributed by atoms with E-state index in [2.05, 4.69) is 44.3 Å². The molecule has 1 fully saturated rings. The Morgan fingerprint density at radius 3 is 2.55 bits per heavy atom. The summed E-state index contributed by atoms with van der Waals surface area (Å²) in [5, 5.41) is 3.07. The van der Waals surface area contributed by atoms with E-state index in [1.54, 1.807) is 0 Å². The lowest BCUT2D eigenvalue weighted by Gasteiger charge is -2.33. The molecule has 0 aromatic carbocycles. The number of aromatic nitrogens is 1. The number of halogens is 1. The second-order valence-electron chi connectivity index (χ2n) is 5.82. The number of anilines is 1. The van der Waals surface area contributed by atoms with Gasteiger partial charge in [-0.3, -0.25) is 0 Å². The van der Waals surface area contributed by atoms with Crippen molar-refractivity contribution in [1.29, 1.82) is 0 Å². The number of likely N-dealkylation sites (N-methyl/N-ethyl adjacent to an activating group) is 1. The number of pyridine rings is 1. The van der Waals surface area contributed by atoms with Crippen LogP contribution < -0.4 is 16.0 Å². The van der Waals surface area contributed by atoms with Crippen LogP contribution in [0.1, 0.15) is 19.4 Å². The summed E-state index contributed by atoms with van der Waals surface area (Å²) in [5.74, 6) is 1.53. The van der Waals surface area contributed by atoms with Crippen molar-refractivity contribution >= 4 is 35.8 Å². The highest BCUT2D eigenvalue weighted by atomic mass is 127. The Kier molecular flexibility index (Phi) is 7.88. The Morgan fingerprint density at radius 1 is 1.32 bits per heavy atom. The molecule has 1 aliphatic rings. The van der Waals surface area contributed by atoms with Crippen LogP contribution in [0.25, 0.3) is 0 Å². The summed E-state index contributed by atoms with van der Waals surface area (Å²) in [6.45, 7) is 8.87. The minimum atomic E-state index is 0. The highest BCUT2D eigenvalue weighted by Crippen LogP contribution is 2.13. The van der Waals surface area contributed by atoms with Crippen molar-refractivity contribution in [2.75, 3.05) is 38.1 Å². The molecular formula is C15H27IN6. The highest BCUT2D eigenvalue weighted by molar-refractivity contribution is 14.0. The first-order valence-electron chi connectivity index (χ1n) is 7.49. The monoisotopic (exact) mass is 418 g/mol. The van der Waals surface area contributed by atoms with Gasteiger partial charge in [-0.15, -0.1) is 24.0 Å². The topological polar surface area (TPSA) is 69.8 Å². The maximum absolute atomic E-state index is 5.79. The molecule has 124 valence electrons. The Hall–Kier alpha value is -1.09. The second-order valence-corrected chi connectivity index (χ2v) is 5.82. The average Bonchev–Trinajstić information content (AvgIpc) is 2.46. The predicted molar refractivity (Wildman–Crippen MR) is 103 cm³/mol. The molecule has 0 aliphatic carbocycles. The van der Waals surface area contributed by atoms with Gasteiger partial charge < -0.3 is 20.9 Å². The summed E-state index contributed by atoms with van der Waals surface area (Å²) in [5.41, 5.74) is 6.86. The van der Waals surface area contributed by atoms with Gasteiger partial charge in [0.15, 0.2) is 5.96 Å². The van der Waals surface area contributed by atoms with Gasteiger partial charge in [0.25, 0.3) is 0 Å². The fourth-order valence-corrected chi connectivity index (χ4v) is 2.25. The largest absolute Gasteiger partial charge is 0.370 e. The smallest absolute Gasteiger partial charge is 0.189 e. The molecule has 0 radical (unpaired) electrons. The predicted octanol–water partition coefficient (Wildman–Crippen LogP) is 1.26. The molecule has 2 heterocycles. The number of aliphatic imine (C=N–C) groups is 1. The van der Waals surface area contributed by atoms with Crippen LogP contribution in [0.3, 0.4) is 0 Å². The lowest BCUT2D eigenvalue weighted by molar-refractivity contribution is 0.312. The summed E-state index contributed by atoms with van der Waals surface area (Å²) in [4.78, 5) is 13.5.